The molecule has 0 aliphatic carbocycles. The highest BCUT2D eigenvalue weighted by Gasteiger charge is 2.25. The topological polar surface area (TPSA) is 72.9 Å². The van der Waals surface area contributed by atoms with E-state index in [-0.39, 0.29) is 22.6 Å². The number of esters is 2. The van der Waals surface area contributed by atoms with Gasteiger partial charge in [-0.25, -0.2) is 9.59 Å². The molecule has 124 valence electrons. The van der Waals surface area contributed by atoms with E-state index in [9.17, 15) is 14.4 Å². The van der Waals surface area contributed by atoms with Crippen LogP contribution in [-0.4, -0.2) is 43.9 Å². The Kier molecular flexibility index (Phi) is 5.31. The molecule has 6 heteroatoms. The largest absolute Gasteiger partial charge is 0.465 e. The fourth-order valence-corrected chi connectivity index (χ4v) is 2.20. The average molecular weight is 327 g/mol. The molecule has 1 heterocycles. The molecule has 0 radical (unpaired) electrons. The number of allylic oxidation sites excluding steroid dienone is 1. The van der Waals surface area contributed by atoms with Crippen molar-refractivity contribution in [1.82, 2.24) is 4.90 Å². The molecule has 1 aromatic carbocycles. The number of carbonyl (C=O) groups excluding carboxylic acids is 3. The van der Waals surface area contributed by atoms with Gasteiger partial charge in [0.15, 0.2) is 0 Å². The van der Waals surface area contributed by atoms with Crippen LogP contribution in [0.5, 0.6) is 0 Å². The molecule has 24 heavy (non-hydrogen) atoms. The van der Waals surface area contributed by atoms with E-state index in [0.29, 0.717) is 5.56 Å². The monoisotopic (exact) mass is 327 g/mol. The SMILES string of the molecule is COC(=O)C1=C(C(=O)OC)C=C(C(=O)c2ccccc2)N(C)C=C1. The molecule has 1 aliphatic rings. The maximum absolute atomic E-state index is 12.7. The summed E-state index contributed by atoms with van der Waals surface area (Å²) in [5.74, 6) is -1.70. The molecule has 0 bridgehead atoms. The standard InChI is InChI=1S/C18H17NO5/c1-19-10-9-13(17(21)23-2)14(18(22)24-3)11-15(19)16(20)12-7-5-4-6-8-12/h4-11H,1-3H3. The molecule has 1 aliphatic heterocycles. The minimum Gasteiger partial charge on any atom is -0.465 e. The molecule has 0 fully saturated rings. The number of benzene rings is 1. The highest BCUT2D eigenvalue weighted by molar-refractivity contribution is 6.11. The van der Waals surface area contributed by atoms with Crippen LogP contribution in [-0.2, 0) is 19.1 Å². The van der Waals surface area contributed by atoms with Gasteiger partial charge in [0.25, 0.3) is 0 Å². The summed E-state index contributed by atoms with van der Waals surface area (Å²) in [5.41, 5.74) is 0.683. The number of likely N-dealkylation sites (N-methyl/N-ethyl adjacent to an activating group) is 1. The maximum atomic E-state index is 12.7. The zero-order valence-corrected chi connectivity index (χ0v) is 13.6. The summed E-state index contributed by atoms with van der Waals surface area (Å²) in [6.45, 7) is 0. The lowest BCUT2D eigenvalue weighted by atomic mass is 10.0. The Labute approximate surface area is 139 Å². The van der Waals surface area contributed by atoms with E-state index >= 15 is 0 Å². The van der Waals surface area contributed by atoms with Crippen molar-refractivity contribution in [3.63, 3.8) is 0 Å². The Balaban J connectivity index is 2.59. The second kappa shape index (κ2) is 7.41. The third-order valence-electron chi connectivity index (χ3n) is 3.50. The van der Waals surface area contributed by atoms with Crippen LogP contribution in [0.1, 0.15) is 10.4 Å². The van der Waals surface area contributed by atoms with Crippen LogP contribution in [0.3, 0.4) is 0 Å². The molecular formula is C18H17NO5. The minimum atomic E-state index is -0.728. The van der Waals surface area contributed by atoms with Gasteiger partial charge in [-0.05, 0) is 12.2 Å². The number of hydrogen-bond donors (Lipinski definition) is 0. The molecule has 0 unspecified atom stereocenters. The van der Waals surface area contributed by atoms with Crippen molar-refractivity contribution in [3.8, 4) is 0 Å². The van der Waals surface area contributed by atoms with E-state index in [1.54, 1.807) is 37.4 Å². The van der Waals surface area contributed by atoms with Crippen molar-refractivity contribution in [2.24, 2.45) is 0 Å². The molecule has 6 nitrogen and oxygen atoms in total. The summed E-state index contributed by atoms with van der Waals surface area (Å²) in [5, 5.41) is 0. The molecule has 0 N–H and O–H groups in total. The lowest BCUT2D eigenvalue weighted by Gasteiger charge is -2.16. The molecule has 0 aromatic heterocycles. The Morgan fingerprint density at radius 1 is 0.917 bits per heavy atom. The zero-order chi connectivity index (χ0) is 17.7. The van der Waals surface area contributed by atoms with Crippen LogP contribution >= 0.6 is 0 Å². The van der Waals surface area contributed by atoms with Crippen LogP contribution in [0.25, 0.3) is 0 Å². The molecule has 0 saturated carbocycles. The highest BCUT2D eigenvalue weighted by atomic mass is 16.5. The summed E-state index contributed by atoms with van der Waals surface area (Å²) < 4.78 is 9.42. The lowest BCUT2D eigenvalue weighted by molar-refractivity contribution is -0.138. The van der Waals surface area contributed by atoms with Crippen LogP contribution in [0.15, 0.2) is 65.5 Å². The summed E-state index contributed by atoms with van der Waals surface area (Å²) in [7, 11) is 4.07. The highest BCUT2D eigenvalue weighted by Crippen LogP contribution is 2.22. The van der Waals surface area contributed by atoms with Gasteiger partial charge in [-0.1, -0.05) is 30.3 Å². The molecule has 0 atom stereocenters. The molecule has 0 amide bonds. The minimum absolute atomic E-state index is 0.0204. The van der Waals surface area contributed by atoms with E-state index in [2.05, 4.69) is 0 Å². The number of Topliss-reactive ketones (excluding diaryl/α,β-unsaturated/α-hetero) is 1. The summed E-state index contributed by atoms with van der Waals surface area (Å²) in [6, 6.07) is 8.65. The second-order valence-electron chi connectivity index (χ2n) is 4.96. The van der Waals surface area contributed by atoms with E-state index in [0.717, 1.165) is 0 Å². The first kappa shape index (κ1) is 17.2. The van der Waals surface area contributed by atoms with Crippen LogP contribution in [0.2, 0.25) is 0 Å². The quantitative estimate of drug-likeness (QED) is 0.621. The van der Waals surface area contributed by atoms with Crippen molar-refractivity contribution in [2.45, 2.75) is 0 Å². The number of nitrogens with zero attached hydrogens (tertiary/aromatic N) is 1. The number of ether oxygens (including phenoxy) is 2. The van der Waals surface area contributed by atoms with Gasteiger partial charge in [0.1, 0.15) is 0 Å². The van der Waals surface area contributed by atoms with Crippen LogP contribution in [0.4, 0.5) is 0 Å². The van der Waals surface area contributed by atoms with Gasteiger partial charge in [0.2, 0.25) is 5.78 Å². The van der Waals surface area contributed by atoms with Gasteiger partial charge in [-0.15, -0.1) is 0 Å². The molecule has 0 spiro atoms. The summed E-state index contributed by atoms with van der Waals surface area (Å²) in [6.07, 6.45) is 4.28. The normalized spacial score (nSPS) is 14.0. The van der Waals surface area contributed by atoms with Crippen molar-refractivity contribution in [3.05, 3.63) is 71.1 Å². The molecule has 2 rings (SSSR count). The van der Waals surface area contributed by atoms with Crippen molar-refractivity contribution in [1.29, 1.82) is 0 Å². The third-order valence-corrected chi connectivity index (χ3v) is 3.50. The predicted molar refractivity (Wildman–Crippen MR) is 86.8 cm³/mol. The van der Waals surface area contributed by atoms with Gasteiger partial charge < -0.3 is 14.4 Å². The van der Waals surface area contributed by atoms with E-state index in [1.165, 1.54) is 37.5 Å². The number of carbonyl (C=O) groups is 3. The molecule has 0 saturated heterocycles. The zero-order valence-electron chi connectivity index (χ0n) is 13.6. The fraction of sp³-hybridized carbons (Fsp3) is 0.167. The Hall–Kier alpha value is -3.15. The van der Waals surface area contributed by atoms with Crippen molar-refractivity contribution >= 4 is 17.7 Å². The van der Waals surface area contributed by atoms with Crippen molar-refractivity contribution < 1.29 is 23.9 Å². The predicted octanol–water partition coefficient (Wildman–Crippen LogP) is 1.85. The lowest BCUT2D eigenvalue weighted by Crippen LogP contribution is -2.19. The maximum Gasteiger partial charge on any atom is 0.338 e. The average Bonchev–Trinajstić information content (AvgIpc) is 2.79. The van der Waals surface area contributed by atoms with E-state index in [1.807, 2.05) is 0 Å². The van der Waals surface area contributed by atoms with Crippen molar-refractivity contribution in [2.75, 3.05) is 21.3 Å². The van der Waals surface area contributed by atoms with Gasteiger partial charge >= 0.3 is 11.9 Å². The first-order valence-electron chi connectivity index (χ1n) is 7.13. The van der Waals surface area contributed by atoms with Crippen LogP contribution in [0, 0.1) is 0 Å². The molecule has 1 aromatic rings. The van der Waals surface area contributed by atoms with Gasteiger partial charge in [0.05, 0.1) is 31.1 Å². The fourth-order valence-electron chi connectivity index (χ4n) is 2.20. The number of rotatable bonds is 4. The van der Waals surface area contributed by atoms with Crippen LogP contribution < -0.4 is 0 Å². The summed E-state index contributed by atoms with van der Waals surface area (Å²) in [4.78, 5) is 38.3. The number of methoxy groups -OCH3 is 2. The smallest absolute Gasteiger partial charge is 0.338 e. The van der Waals surface area contributed by atoms with E-state index in [4.69, 9.17) is 9.47 Å². The van der Waals surface area contributed by atoms with Gasteiger partial charge in [-0.3, -0.25) is 4.79 Å². The molecular weight excluding hydrogens is 310 g/mol. The second-order valence-corrected chi connectivity index (χ2v) is 4.96. The Morgan fingerprint density at radius 2 is 1.50 bits per heavy atom. The Bertz CT molecular complexity index is 759. The third kappa shape index (κ3) is 3.43. The van der Waals surface area contributed by atoms with Gasteiger partial charge in [0, 0.05) is 18.8 Å². The van der Waals surface area contributed by atoms with Gasteiger partial charge in [-0.2, -0.15) is 0 Å². The number of ketones is 1. The summed E-state index contributed by atoms with van der Waals surface area (Å²) >= 11 is 0. The Morgan fingerprint density at radius 3 is 2.08 bits per heavy atom. The first-order valence-corrected chi connectivity index (χ1v) is 7.13. The number of hydrogen-bond acceptors (Lipinski definition) is 6. The first-order chi connectivity index (χ1) is 11.5. The van der Waals surface area contributed by atoms with E-state index < -0.39 is 11.9 Å².